The van der Waals surface area contributed by atoms with Gasteiger partial charge in [0.1, 0.15) is 5.82 Å². The van der Waals surface area contributed by atoms with Gasteiger partial charge in [0.2, 0.25) is 0 Å². The van der Waals surface area contributed by atoms with E-state index in [0.29, 0.717) is 0 Å². The van der Waals surface area contributed by atoms with Crippen LogP contribution in [-0.2, 0) is 0 Å². The largest absolute Gasteiger partial charge is 0.207 e. The summed E-state index contributed by atoms with van der Waals surface area (Å²) in [5.41, 5.74) is 0. The van der Waals surface area contributed by atoms with E-state index in [1.165, 1.54) is 57.1 Å². The molecule has 0 radical (unpaired) electrons. The lowest BCUT2D eigenvalue weighted by molar-refractivity contribution is 0.628. The van der Waals surface area contributed by atoms with Gasteiger partial charge in [0.25, 0.3) is 0 Å². The molecular formula is C13H19F. The van der Waals surface area contributed by atoms with Crippen LogP contribution in [0.4, 0.5) is 4.39 Å². The Kier molecular flexibility index (Phi) is 6.05. The van der Waals surface area contributed by atoms with Crippen LogP contribution in [0, 0.1) is 5.82 Å². The summed E-state index contributed by atoms with van der Waals surface area (Å²) in [6.45, 7) is 0. The number of benzene rings is 1. The van der Waals surface area contributed by atoms with Crippen molar-refractivity contribution in [3.8, 4) is 0 Å². The molecule has 0 heterocycles. The first-order chi connectivity index (χ1) is 6.89. The molecule has 0 nitrogen and oxygen atoms in total. The Morgan fingerprint density at radius 1 is 0.643 bits per heavy atom. The first kappa shape index (κ1) is 11.2. The highest BCUT2D eigenvalue weighted by atomic mass is 19.1. The van der Waals surface area contributed by atoms with Crippen LogP contribution in [0.15, 0.2) is 30.3 Å². The Bertz CT molecular complexity index is 198. The lowest BCUT2D eigenvalue weighted by Gasteiger charge is -1.85. The fourth-order valence-electron chi connectivity index (χ4n) is 1.65. The molecule has 0 spiro atoms. The SMILES string of the molecule is C1CCCCCC1.Fc1ccccc1. The Morgan fingerprint density at radius 2 is 1.00 bits per heavy atom. The fourth-order valence-corrected chi connectivity index (χ4v) is 1.65. The van der Waals surface area contributed by atoms with Crippen LogP contribution < -0.4 is 0 Å². The molecule has 1 aromatic carbocycles. The molecule has 2 rings (SSSR count). The molecule has 1 aromatic rings. The maximum absolute atomic E-state index is 11.9. The van der Waals surface area contributed by atoms with Crippen LogP contribution in [0.5, 0.6) is 0 Å². The minimum Gasteiger partial charge on any atom is -0.207 e. The van der Waals surface area contributed by atoms with Gasteiger partial charge in [0.15, 0.2) is 0 Å². The minimum atomic E-state index is -0.178. The summed E-state index contributed by atoms with van der Waals surface area (Å²) in [7, 11) is 0. The normalized spacial score (nSPS) is 16.4. The average Bonchev–Trinajstić information content (AvgIpc) is 2.51. The van der Waals surface area contributed by atoms with Crippen LogP contribution in [0.1, 0.15) is 44.9 Å². The highest BCUT2D eigenvalue weighted by Crippen LogP contribution is 2.15. The van der Waals surface area contributed by atoms with Gasteiger partial charge < -0.3 is 0 Å². The molecule has 0 unspecified atom stereocenters. The molecule has 0 aromatic heterocycles. The quantitative estimate of drug-likeness (QED) is 0.531. The van der Waals surface area contributed by atoms with Gasteiger partial charge in [-0.1, -0.05) is 63.1 Å². The summed E-state index contributed by atoms with van der Waals surface area (Å²) in [5, 5.41) is 0. The van der Waals surface area contributed by atoms with E-state index in [9.17, 15) is 4.39 Å². The average molecular weight is 194 g/mol. The maximum Gasteiger partial charge on any atom is 0.123 e. The van der Waals surface area contributed by atoms with Crippen LogP contribution in [0.25, 0.3) is 0 Å². The fraction of sp³-hybridized carbons (Fsp3) is 0.538. The second-order valence-corrected chi connectivity index (χ2v) is 3.77. The van der Waals surface area contributed by atoms with Crippen molar-refractivity contribution in [3.05, 3.63) is 36.1 Å². The van der Waals surface area contributed by atoms with Gasteiger partial charge in [-0.25, -0.2) is 4.39 Å². The third-order valence-corrected chi connectivity index (χ3v) is 2.48. The molecule has 1 fully saturated rings. The van der Waals surface area contributed by atoms with Gasteiger partial charge >= 0.3 is 0 Å². The molecule has 1 aliphatic carbocycles. The van der Waals surface area contributed by atoms with Crippen molar-refractivity contribution in [1.82, 2.24) is 0 Å². The van der Waals surface area contributed by atoms with Gasteiger partial charge in [-0.2, -0.15) is 0 Å². The zero-order chi connectivity index (χ0) is 10.1. The van der Waals surface area contributed by atoms with E-state index in [1.807, 2.05) is 0 Å². The van der Waals surface area contributed by atoms with E-state index in [0.717, 1.165) is 0 Å². The third-order valence-electron chi connectivity index (χ3n) is 2.48. The second-order valence-electron chi connectivity index (χ2n) is 3.77. The topological polar surface area (TPSA) is 0 Å². The molecule has 0 N–H and O–H groups in total. The lowest BCUT2D eigenvalue weighted by atomic mass is 10.2. The van der Waals surface area contributed by atoms with Gasteiger partial charge in [-0.3, -0.25) is 0 Å². The van der Waals surface area contributed by atoms with E-state index in [1.54, 1.807) is 18.2 Å². The predicted molar refractivity (Wildman–Crippen MR) is 58.7 cm³/mol. The van der Waals surface area contributed by atoms with Crippen LogP contribution in [0.3, 0.4) is 0 Å². The van der Waals surface area contributed by atoms with Crippen molar-refractivity contribution in [1.29, 1.82) is 0 Å². The zero-order valence-electron chi connectivity index (χ0n) is 8.71. The molecule has 0 atom stereocenters. The Morgan fingerprint density at radius 3 is 1.21 bits per heavy atom. The first-order valence-corrected chi connectivity index (χ1v) is 5.60. The van der Waals surface area contributed by atoms with Gasteiger partial charge in [0.05, 0.1) is 0 Å². The third kappa shape index (κ3) is 5.74. The summed E-state index contributed by atoms with van der Waals surface area (Å²) in [6.07, 6.45) is 10.5. The van der Waals surface area contributed by atoms with Crippen molar-refractivity contribution in [2.24, 2.45) is 0 Å². The molecule has 1 saturated carbocycles. The van der Waals surface area contributed by atoms with E-state index in [4.69, 9.17) is 0 Å². The summed E-state index contributed by atoms with van der Waals surface area (Å²) in [5.74, 6) is -0.178. The van der Waals surface area contributed by atoms with Gasteiger partial charge in [-0.15, -0.1) is 0 Å². The summed E-state index contributed by atoms with van der Waals surface area (Å²) >= 11 is 0. The minimum absolute atomic E-state index is 0.178. The molecule has 0 amide bonds. The van der Waals surface area contributed by atoms with Crippen molar-refractivity contribution >= 4 is 0 Å². The Balaban J connectivity index is 0.000000140. The van der Waals surface area contributed by atoms with E-state index in [-0.39, 0.29) is 5.82 Å². The van der Waals surface area contributed by atoms with E-state index < -0.39 is 0 Å². The molecular weight excluding hydrogens is 175 g/mol. The van der Waals surface area contributed by atoms with Gasteiger partial charge in [0, 0.05) is 0 Å². The maximum atomic E-state index is 11.9. The number of halogens is 1. The smallest absolute Gasteiger partial charge is 0.123 e. The molecule has 78 valence electrons. The molecule has 1 aliphatic rings. The van der Waals surface area contributed by atoms with Crippen molar-refractivity contribution in [2.75, 3.05) is 0 Å². The molecule has 0 bridgehead atoms. The van der Waals surface area contributed by atoms with Gasteiger partial charge in [-0.05, 0) is 12.1 Å². The highest BCUT2D eigenvalue weighted by molar-refractivity contribution is 5.02. The lowest BCUT2D eigenvalue weighted by Crippen LogP contribution is -1.66. The second kappa shape index (κ2) is 7.54. The summed E-state index contributed by atoms with van der Waals surface area (Å²) in [6, 6.07) is 7.94. The van der Waals surface area contributed by atoms with Crippen LogP contribution in [0.2, 0.25) is 0 Å². The molecule has 0 saturated heterocycles. The van der Waals surface area contributed by atoms with Crippen molar-refractivity contribution in [2.45, 2.75) is 44.9 Å². The van der Waals surface area contributed by atoms with E-state index >= 15 is 0 Å². The highest BCUT2D eigenvalue weighted by Gasteiger charge is 1.95. The number of hydrogen-bond acceptors (Lipinski definition) is 0. The van der Waals surface area contributed by atoms with E-state index in [2.05, 4.69) is 0 Å². The van der Waals surface area contributed by atoms with Crippen molar-refractivity contribution < 1.29 is 4.39 Å². The number of rotatable bonds is 0. The predicted octanol–water partition coefficient (Wildman–Crippen LogP) is 4.56. The van der Waals surface area contributed by atoms with Crippen LogP contribution in [-0.4, -0.2) is 0 Å². The molecule has 1 heteroatoms. The van der Waals surface area contributed by atoms with Crippen LogP contribution >= 0.6 is 0 Å². The monoisotopic (exact) mass is 194 g/mol. The zero-order valence-corrected chi connectivity index (χ0v) is 8.71. The molecule has 0 aliphatic heterocycles. The number of hydrogen-bond donors (Lipinski definition) is 0. The Hall–Kier alpha value is -0.850. The molecule has 14 heavy (non-hydrogen) atoms. The summed E-state index contributed by atoms with van der Waals surface area (Å²) < 4.78 is 11.9. The Labute approximate surface area is 86.2 Å². The summed E-state index contributed by atoms with van der Waals surface area (Å²) in [4.78, 5) is 0. The standard InChI is InChI=1S/C7H14.C6H5F/c1-2-4-6-7-5-3-1;7-6-4-2-1-3-5-6/h1-7H2;1-5H. The van der Waals surface area contributed by atoms with Crippen molar-refractivity contribution in [3.63, 3.8) is 0 Å². The first-order valence-electron chi connectivity index (χ1n) is 5.60.